The molecule has 1 aromatic heterocycles. The lowest BCUT2D eigenvalue weighted by atomic mass is 9.84. The minimum atomic E-state index is -3.66. The lowest BCUT2D eigenvalue weighted by molar-refractivity contribution is -0.145. The average Bonchev–Trinajstić information content (AvgIpc) is 3.79. The fraction of sp³-hybridized carbons (Fsp3) is 0.639. The van der Waals surface area contributed by atoms with E-state index in [1.54, 1.807) is 25.6 Å². The maximum Gasteiger partial charge on any atom is 0.287 e. The van der Waals surface area contributed by atoms with Gasteiger partial charge in [-0.15, -0.1) is 5.10 Å². The van der Waals surface area contributed by atoms with Crippen molar-refractivity contribution < 1.29 is 37.5 Å². The number of amides is 4. The number of Topliss-reactive ketones (excluding diaryl/α,β-unsaturated/α-hetero) is 1. The second kappa shape index (κ2) is 16.1. The Bertz CT molecular complexity index is 1850. The van der Waals surface area contributed by atoms with E-state index in [1.807, 2.05) is 0 Å². The molecule has 2 aromatic rings. The Balaban J connectivity index is 1.30. The highest BCUT2D eigenvalue weighted by atomic mass is 32.2. The molecular formula is C36H50N8O8S2. The summed E-state index contributed by atoms with van der Waals surface area (Å²) < 4.78 is 28.7. The van der Waals surface area contributed by atoms with E-state index in [1.165, 1.54) is 44.3 Å². The predicted octanol–water partition coefficient (Wildman–Crippen LogP) is 1.25. The third kappa shape index (κ3) is 8.35. The Morgan fingerprint density at radius 1 is 1.04 bits per heavy atom. The second-order valence-electron chi connectivity index (χ2n) is 15.4. The summed E-state index contributed by atoms with van der Waals surface area (Å²) in [5.41, 5.74) is 3.13. The number of carbonyl (C=O) groups is 5. The van der Waals surface area contributed by atoms with Crippen molar-refractivity contribution in [2.75, 3.05) is 31.1 Å². The number of nitrogens with one attached hydrogen (secondary N) is 2. The standard InChI is InChI=1S/C36H50N8O8S2/c1-35(2,50)29-21-38-41-44(29)25-20-28(33(48)40-36(30(45)31(37)46)13-17-53-18-14-36)43(22-25)34(49)27(19-23-7-4-3-5-8-23)39-32(47)24-9-11-26(12-10-24)54(51,52)42-15-6-16-42/h9-12,21,23,25,27-28,50H,3-8,13-20,22H2,1-2H3,(H2,37,46)(H,39,47)(H,40,48)/t25-,27?,28-/m0/s1. The number of nitrogens with zero attached hydrogens (tertiary/aromatic N) is 5. The number of aromatic nitrogens is 3. The largest absolute Gasteiger partial charge is 0.384 e. The normalized spacial score (nSPS) is 22.9. The van der Waals surface area contributed by atoms with Crippen LogP contribution < -0.4 is 16.4 Å². The van der Waals surface area contributed by atoms with Crippen LogP contribution in [-0.4, -0.2) is 116 Å². The van der Waals surface area contributed by atoms with Crippen LogP contribution in [0.4, 0.5) is 0 Å². The van der Waals surface area contributed by atoms with E-state index in [-0.39, 0.29) is 42.2 Å². The van der Waals surface area contributed by atoms with Crippen LogP contribution in [0.2, 0.25) is 0 Å². The van der Waals surface area contributed by atoms with Crippen molar-refractivity contribution in [1.82, 2.24) is 34.8 Å². The molecule has 3 saturated heterocycles. The van der Waals surface area contributed by atoms with Crippen LogP contribution in [0.3, 0.4) is 0 Å². The first-order chi connectivity index (χ1) is 25.6. The molecule has 3 atom stereocenters. The van der Waals surface area contributed by atoms with E-state index in [0.717, 1.165) is 38.5 Å². The topological polar surface area (TPSA) is 227 Å². The fourth-order valence-electron chi connectivity index (χ4n) is 7.99. The van der Waals surface area contributed by atoms with Crippen LogP contribution in [-0.2, 0) is 34.8 Å². The first kappa shape index (κ1) is 39.8. The van der Waals surface area contributed by atoms with Gasteiger partial charge in [-0.25, -0.2) is 13.1 Å². The Hall–Kier alpha value is -3.87. The van der Waals surface area contributed by atoms with Crippen LogP contribution >= 0.6 is 11.8 Å². The molecule has 0 radical (unpaired) electrons. The van der Waals surface area contributed by atoms with Crippen molar-refractivity contribution in [3.8, 4) is 0 Å². The van der Waals surface area contributed by atoms with Gasteiger partial charge in [0.05, 0.1) is 22.8 Å². The number of nitrogens with two attached hydrogens (primary N) is 1. The molecule has 4 amide bonds. The number of carbonyl (C=O) groups excluding carboxylic acids is 5. The minimum Gasteiger partial charge on any atom is -0.384 e. The van der Waals surface area contributed by atoms with Crippen LogP contribution in [0.15, 0.2) is 35.4 Å². The van der Waals surface area contributed by atoms with Gasteiger partial charge in [0.25, 0.3) is 11.8 Å². The number of sulfonamides is 1. The number of aliphatic hydroxyl groups is 1. The third-order valence-electron chi connectivity index (χ3n) is 11.2. The van der Waals surface area contributed by atoms with Crippen molar-refractivity contribution in [1.29, 1.82) is 0 Å². The molecule has 5 N–H and O–H groups in total. The molecule has 294 valence electrons. The van der Waals surface area contributed by atoms with Gasteiger partial charge in [0.15, 0.2) is 0 Å². The van der Waals surface area contributed by atoms with Gasteiger partial charge in [-0.1, -0.05) is 37.3 Å². The van der Waals surface area contributed by atoms with Gasteiger partial charge in [-0.05, 0) is 81.2 Å². The smallest absolute Gasteiger partial charge is 0.287 e. The van der Waals surface area contributed by atoms with Crippen molar-refractivity contribution in [2.45, 2.75) is 112 Å². The van der Waals surface area contributed by atoms with Gasteiger partial charge in [-0.2, -0.15) is 16.1 Å². The Labute approximate surface area is 319 Å². The van der Waals surface area contributed by atoms with Crippen LogP contribution in [0.25, 0.3) is 0 Å². The first-order valence-electron chi connectivity index (χ1n) is 18.7. The van der Waals surface area contributed by atoms with E-state index < -0.39 is 68.7 Å². The zero-order valence-electron chi connectivity index (χ0n) is 30.7. The zero-order chi connectivity index (χ0) is 38.8. The minimum absolute atomic E-state index is 0.0178. The number of thioether (sulfide) groups is 1. The third-order valence-corrected chi connectivity index (χ3v) is 14.1. The summed E-state index contributed by atoms with van der Waals surface area (Å²) in [6.45, 7) is 4.03. The molecule has 16 nitrogen and oxygen atoms in total. The number of primary amides is 1. The van der Waals surface area contributed by atoms with Gasteiger partial charge in [-0.3, -0.25) is 24.0 Å². The molecule has 1 aliphatic carbocycles. The Kier molecular flexibility index (Phi) is 11.9. The number of benzene rings is 1. The molecule has 0 bridgehead atoms. The number of ketones is 1. The van der Waals surface area contributed by atoms with Crippen molar-refractivity contribution in [3.63, 3.8) is 0 Å². The molecule has 4 aliphatic rings. The summed E-state index contributed by atoms with van der Waals surface area (Å²) in [6, 6.07) is 2.83. The fourth-order valence-corrected chi connectivity index (χ4v) is 10.7. The lowest BCUT2D eigenvalue weighted by Gasteiger charge is -2.37. The summed E-state index contributed by atoms with van der Waals surface area (Å²) in [4.78, 5) is 69.8. The predicted molar refractivity (Wildman–Crippen MR) is 198 cm³/mol. The molecule has 54 heavy (non-hydrogen) atoms. The first-order valence-corrected chi connectivity index (χ1v) is 21.3. The van der Waals surface area contributed by atoms with Crippen LogP contribution in [0.1, 0.15) is 100 Å². The maximum absolute atomic E-state index is 14.8. The number of hydrogen-bond donors (Lipinski definition) is 4. The Morgan fingerprint density at radius 2 is 1.70 bits per heavy atom. The quantitative estimate of drug-likeness (QED) is 0.211. The van der Waals surface area contributed by atoms with E-state index >= 15 is 0 Å². The van der Waals surface area contributed by atoms with Gasteiger partial charge < -0.3 is 26.4 Å². The van der Waals surface area contributed by atoms with Crippen molar-refractivity contribution in [2.24, 2.45) is 11.7 Å². The molecule has 3 aliphatic heterocycles. The van der Waals surface area contributed by atoms with E-state index in [9.17, 15) is 37.5 Å². The molecule has 18 heteroatoms. The van der Waals surface area contributed by atoms with Crippen molar-refractivity contribution >= 4 is 51.2 Å². The summed E-state index contributed by atoms with van der Waals surface area (Å²) >= 11 is 1.59. The maximum atomic E-state index is 14.8. The molecule has 4 fully saturated rings. The number of rotatable bonds is 13. The van der Waals surface area contributed by atoms with E-state index in [4.69, 9.17) is 5.73 Å². The molecular weight excluding hydrogens is 737 g/mol. The molecule has 6 rings (SSSR count). The number of hydrogen-bond acceptors (Lipinski definition) is 11. The summed E-state index contributed by atoms with van der Waals surface area (Å²) in [7, 11) is -3.66. The van der Waals surface area contributed by atoms with Crippen LogP contribution in [0, 0.1) is 5.92 Å². The second-order valence-corrected chi connectivity index (χ2v) is 18.6. The van der Waals surface area contributed by atoms with E-state index in [2.05, 4.69) is 20.9 Å². The molecule has 1 aromatic carbocycles. The molecule has 4 heterocycles. The molecule has 1 saturated carbocycles. The molecule has 0 spiro atoms. The lowest BCUT2D eigenvalue weighted by Crippen LogP contribution is -2.63. The SMILES string of the molecule is CC(C)(O)c1cnnn1[C@H]1C[C@@H](C(=O)NC2(C(=O)C(N)=O)CCSCC2)N(C(=O)C(CC2CCCCC2)NC(=O)c2ccc(S(=O)(=O)N3CCC3)cc2)C1. The molecule has 1 unspecified atom stereocenters. The van der Waals surface area contributed by atoms with Gasteiger partial charge in [0, 0.05) is 31.6 Å². The summed E-state index contributed by atoms with van der Waals surface area (Å²) in [5, 5.41) is 24.8. The highest BCUT2D eigenvalue weighted by molar-refractivity contribution is 7.99. The average molecular weight is 787 g/mol. The van der Waals surface area contributed by atoms with Crippen LogP contribution in [0.5, 0.6) is 0 Å². The number of likely N-dealkylation sites (tertiary alicyclic amines) is 1. The Morgan fingerprint density at radius 3 is 2.30 bits per heavy atom. The van der Waals surface area contributed by atoms with Gasteiger partial charge in [0.1, 0.15) is 23.2 Å². The van der Waals surface area contributed by atoms with Crippen molar-refractivity contribution in [3.05, 3.63) is 41.7 Å². The summed E-state index contributed by atoms with van der Waals surface area (Å²) in [5.74, 6) is -2.59. The summed E-state index contributed by atoms with van der Waals surface area (Å²) in [6.07, 6.45) is 7.78. The van der Waals surface area contributed by atoms with Gasteiger partial charge in [0.2, 0.25) is 27.6 Å². The van der Waals surface area contributed by atoms with E-state index in [0.29, 0.717) is 36.7 Å². The van der Waals surface area contributed by atoms with Gasteiger partial charge >= 0.3 is 0 Å². The monoisotopic (exact) mass is 786 g/mol. The zero-order valence-corrected chi connectivity index (χ0v) is 32.4. The highest BCUT2D eigenvalue weighted by Gasteiger charge is 2.49. The highest BCUT2D eigenvalue weighted by Crippen LogP contribution is 2.35.